The van der Waals surface area contributed by atoms with Crippen molar-refractivity contribution in [3.63, 3.8) is 0 Å². The molecule has 0 aliphatic heterocycles. The summed E-state index contributed by atoms with van der Waals surface area (Å²) in [4.78, 5) is 10.4. The second kappa shape index (κ2) is 9.69. The van der Waals surface area contributed by atoms with Crippen molar-refractivity contribution < 1.29 is 9.90 Å². The summed E-state index contributed by atoms with van der Waals surface area (Å²) in [5, 5.41) is 8.57. The summed E-state index contributed by atoms with van der Waals surface area (Å²) in [5.74, 6) is -0.245. The van der Waals surface area contributed by atoms with Gasteiger partial charge in [-0.15, -0.1) is 0 Å². The molecular weight excluding hydrogens is 224 g/mol. The van der Waals surface area contributed by atoms with Gasteiger partial charge in [0.1, 0.15) is 0 Å². The molecule has 0 aromatic carbocycles. The van der Waals surface area contributed by atoms with E-state index in [0.29, 0.717) is 5.92 Å². The SMILES string of the molecule is CCC(C)=CCCC(C)CC=CC(C)=CC(=O)O. The van der Waals surface area contributed by atoms with Crippen molar-refractivity contribution >= 4 is 5.97 Å². The number of hydrogen-bond donors (Lipinski definition) is 1. The largest absolute Gasteiger partial charge is 0.478 e. The Morgan fingerprint density at radius 1 is 1.33 bits per heavy atom. The predicted octanol–water partition coefficient (Wildman–Crippen LogP) is 4.74. The highest BCUT2D eigenvalue weighted by Gasteiger charge is 1.98. The van der Waals surface area contributed by atoms with Gasteiger partial charge >= 0.3 is 5.97 Å². The average Bonchev–Trinajstić information content (AvgIpc) is 2.27. The van der Waals surface area contributed by atoms with E-state index >= 15 is 0 Å². The Balaban J connectivity index is 3.93. The van der Waals surface area contributed by atoms with Gasteiger partial charge in [-0.05, 0) is 51.0 Å². The van der Waals surface area contributed by atoms with Gasteiger partial charge in [0.15, 0.2) is 0 Å². The van der Waals surface area contributed by atoms with Gasteiger partial charge in [-0.3, -0.25) is 0 Å². The molecule has 0 heterocycles. The van der Waals surface area contributed by atoms with E-state index in [1.54, 1.807) is 0 Å². The molecule has 2 heteroatoms. The fourth-order valence-electron chi connectivity index (χ4n) is 1.61. The third-order valence-corrected chi connectivity index (χ3v) is 2.98. The molecule has 0 aliphatic rings. The van der Waals surface area contributed by atoms with Crippen molar-refractivity contribution in [2.75, 3.05) is 0 Å². The van der Waals surface area contributed by atoms with Crippen LogP contribution in [0.5, 0.6) is 0 Å². The number of hydrogen-bond acceptors (Lipinski definition) is 1. The van der Waals surface area contributed by atoms with Crippen LogP contribution in [0.25, 0.3) is 0 Å². The minimum atomic E-state index is -0.884. The zero-order chi connectivity index (χ0) is 14.0. The highest BCUT2D eigenvalue weighted by Crippen LogP contribution is 2.13. The lowest BCUT2D eigenvalue weighted by Crippen LogP contribution is -1.92. The maximum absolute atomic E-state index is 10.4. The molecule has 0 bridgehead atoms. The van der Waals surface area contributed by atoms with Crippen molar-refractivity contribution in [1.29, 1.82) is 0 Å². The third kappa shape index (κ3) is 9.88. The molecule has 0 amide bonds. The first-order valence-corrected chi connectivity index (χ1v) is 6.69. The standard InChI is InChI=1S/C16H26O2/c1-5-13(2)8-6-9-14(3)10-7-11-15(4)12-16(17)18/h7-8,11-12,14H,5-6,9-10H2,1-4H3,(H,17,18). The van der Waals surface area contributed by atoms with Gasteiger partial charge in [0.25, 0.3) is 0 Å². The van der Waals surface area contributed by atoms with E-state index < -0.39 is 5.97 Å². The van der Waals surface area contributed by atoms with Gasteiger partial charge in [0.05, 0.1) is 0 Å². The van der Waals surface area contributed by atoms with E-state index in [1.807, 2.05) is 13.0 Å². The quantitative estimate of drug-likeness (QED) is 0.384. The van der Waals surface area contributed by atoms with Gasteiger partial charge in [0, 0.05) is 6.08 Å². The van der Waals surface area contributed by atoms with E-state index in [4.69, 9.17) is 5.11 Å². The molecule has 0 saturated heterocycles. The molecule has 0 radical (unpaired) electrons. The Bertz CT molecular complexity index is 335. The van der Waals surface area contributed by atoms with E-state index in [9.17, 15) is 4.79 Å². The van der Waals surface area contributed by atoms with E-state index in [-0.39, 0.29) is 0 Å². The van der Waals surface area contributed by atoms with Gasteiger partial charge in [-0.25, -0.2) is 4.79 Å². The first kappa shape index (κ1) is 16.7. The van der Waals surface area contributed by atoms with Crippen molar-refractivity contribution in [1.82, 2.24) is 0 Å². The van der Waals surface area contributed by atoms with Crippen LogP contribution in [0, 0.1) is 5.92 Å². The van der Waals surface area contributed by atoms with E-state index in [2.05, 4.69) is 32.9 Å². The van der Waals surface area contributed by atoms with E-state index in [0.717, 1.165) is 24.8 Å². The predicted molar refractivity (Wildman–Crippen MR) is 77.6 cm³/mol. The van der Waals surface area contributed by atoms with Crippen molar-refractivity contribution in [2.24, 2.45) is 5.92 Å². The van der Waals surface area contributed by atoms with Gasteiger partial charge < -0.3 is 5.11 Å². The lowest BCUT2D eigenvalue weighted by Gasteiger charge is -2.06. The Hall–Kier alpha value is -1.31. The van der Waals surface area contributed by atoms with Crippen LogP contribution in [-0.2, 0) is 4.79 Å². The first-order chi connectivity index (χ1) is 8.45. The van der Waals surface area contributed by atoms with Crippen LogP contribution in [0.15, 0.2) is 35.5 Å². The molecule has 1 atom stereocenters. The topological polar surface area (TPSA) is 37.3 Å². The molecular formula is C16H26O2. The fourth-order valence-corrected chi connectivity index (χ4v) is 1.61. The second-order valence-corrected chi connectivity index (χ2v) is 4.95. The van der Waals surface area contributed by atoms with Crippen LogP contribution in [0.3, 0.4) is 0 Å². The molecule has 1 unspecified atom stereocenters. The highest BCUT2D eigenvalue weighted by atomic mass is 16.4. The zero-order valence-corrected chi connectivity index (χ0v) is 12.1. The van der Waals surface area contributed by atoms with Crippen molar-refractivity contribution in [2.45, 2.75) is 53.4 Å². The normalized spacial score (nSPS) is 15.1. The Labute approximate surface area is 111 Å². The molecule has 18 heavy (non-hydrogen) atoms. The number of carboxylic acids is 1. The molecule has 0 aliphatic carbocycles. The smallest absolute Gasteiger partial charge is 0.328 e. The van der Waals surface area contributed by atoms with Crippen LogP contribution < -0.4 is 0 Å². The van der Waals surface area contributed by atoms with Crippen LogP contribution in [0.4, 0.5) is 0 Å². The van der Waals surface area contributed by atoms with Crippen LogP contribution in [0.1, 0.15) is 53.4 Å². The van der Waals surface area contributed by atoms with Gasteiger partial charge in [-0.2, -0.15) is 0 Å². The highest BCUT2D eigenvalue weighted by molar-refractivity contribution is 5.81. The maximum Gasteiger partial charge on any atom is 0.328 e. The number of allylic oxidation sites excluding steroid dienone is 5. The summed E-state index contributed by atoms with van der Waals surface area (Å²) in [7, 11) is 0. The number of carbonyl (C=O) groups is 1. The molecule has 2 nitrogen and oxygen atoms in total. The molecule has 0 aromatic heterocycles. The zero-order valence-electron chi connectivity index (χ0n) is 12.1. The summed E-state index contributed by atoms with van der Waals surface area (Å²) in [6.45, 7) is 8.39. The second-order valence-electron chi connectivity index (χ2n) is 4.95. The molecule has 0 aromatic rings. The fraction of sp³-hybridized carbons (Fsp3) is 0.562. The number of rotatable bonds is 8. The monoisotopic (exact) mass is 250 g/mol. The van der Waals surface area contributed by atoms with Crippen LogP contribution in [-0.4, -0.2) is 11.1 Å². The van der Waals surface area contributed by atoms with Crippen LogP contribution >= 0.6 is 0 Å². The summed E-state index contributed by atoms with van der Waals surface area (Å²) in [6, 6.07) is 0. The molecule has 0 rings (SSSR count). The van der Waals surface area contributed by atoms with Crippen molar-refractivity contribution in [3.05, 3.63) is 35.5 Å². The maximum atomic E-state index is 10.4. The summed E-state index contributed by atoms with van der Waals surface area (Å²) in [6.07, 6.45) is 12.0. The van der Waals surface area contributed by atoms with Gasteiger partial charge in [-0.1, -0.05) is 37.6 Å². The van der Waals surface area contributed by atoms with Crippen molar-refractivity contribution in [3.8, 4) is 0 Å². The lowest BCUT2D eigenvalue weighted by atomic mass is 10.00. The summed E-state index contributed by atoms with van der Waals surface area (Å²) >= 11 is 0. The Morgan fingerprint density at radius 2 is 2.00 bits per heavy atom. The molecule has 1 N–H and O–H groups in total. The Kier molecular flexibility index (Phi) is 8.99. The Morgan fingerprint density at radius 3 is 2.56 bits per heavy atom. The molecule has 0 fully saturated rings. The first-order valence-electron chi connectivity index (χ1n) is 6.69. The summed E-state index contributed by atoms with van der Waals surface area (Å²) < 4.78 is 0. The molecule has 0 saturated carbocycles. The van der Waals surface area contributed by atoms with E-state index in [1.165, 1.54) is 18.1 Å². The van der Waals surface area contributed by atoms with Gasteiger partial charge in [0.2, 0.25) is 0 Å². The minimum absolute atomic E-state index is 0.639. The minimum Gasteiger partial charge on any atom is -0.478 e. The summed E-state index contributed by atoms with van der Waals surface area (Å²) in [5.41, 5.74) is 2.24. The van der Waals surface area contributed by atoms with Crippen LogP contribution in [0.2, 0.25) is 0 Å². The third-order valence-electron chi connectivity index (χ3n) is 2.98. The number of aliphatic carboxylic acids is 1. The lowest BCUT2D eigenvalue weighted by molar-refractivity contribution is -0.131. The molecule has 102 valence electrons. The average molecular weight is 250 g/mol. The number of carboxylic acid groups (broad SMARTS) is 1. The molecule has 0 spiro atoms.